The normalized spacial score (nSPS) is 14.5. The van der Waals surface area contributed by atoms with Crippen LogP contribution in [0.1, 0.15) is 48.0 Å². The van der Waals surface area contributed by atoms with Crippen LogP contribution in [0.4, 0.5) is 11.5 Å². The lowest BCUT2D eigenvalue weighted by atomic mass is 9.87. The van der Waals surface area contributed by atoms with Crippen molar-refractivity contribution in [2.45, 2.75) is 44.6 Å². The molecule has 1 aliphatic heterocycles. The summed E-state index contributed by atoms with van der Waals surface area (Å²) in [6, 6.07) is 15.1. The van der Waals surface area contributed by atoms with Gasteiger partial charge in [-0.25, -0.2) is 13.4 Å². The Hall–Kier alpha value is -2.94. The second-order valence-electron chi connectivity index (χ2n) is 9.18. The Balaban J connectivity index is 1.74. The molecule has 0 bridgehead atoms. The van der Waals surface area contributed by atoms with Crippen LogP contribution in [-0.4, -0.2) is 26.0 Å². The van der Waals surface area contributed by atoms with Gasteiger partial charge in [-0.15, -0.1) is 0 Å². The van der Waals surface area contributed by atoms with Crippen LogP contribution < -0.4 is 9.62 Å². The SMILES string of the molecule is Cc1cccc(N2COCc3c(Cl)ccc(NS(=O)(=O)c4ccc(C(C)(C)C)cc4)c3C2=O)n1. The molecule has 0 radical (unpaired) electrons. The van der Waals surface area contributed by atoms with E-state index in [0.717, 1.165) is 11.3 Å². The highest BCUT2D eigenvalue weighted by Gasteiger charge is 2.31. The maximum atomic E-state index is 13.6. The summed E-state index contributed by atoms with van der Waals surface area (Å²) in [5, 5.41) is 0.319. The highest BCUT2D eigenvalue weighted by atomic mass is 35.5. The highest BCUT2D eigenvalue weighted by Crippen LogP contribution is 2.34. The molecule has 0 saturated carbocycles. The molecule has 0 spiro atoms. The van der Waals surface area contributed by atoms with Crippen LogP contribution in [0.5, 0.6) is 0 Å². The van der Waals surface area contributed by atoms with E-state index in [1.165, 1.54) is 11.0 Å². The number of aryl methyl sites for hydroxylation is 1. The van der Waals surface area contributed by atoms with Crippen molar-refractivity contribution in [1.29, 1.82) is 0 Å². The fourth-order valence-corrected chi connectivity index (χ4v) is 5.00. The van der Waals surface area contributed by atoms with Gasteiger partial charge in [0.15, 0.2) is 0 Å². The molecule has 0 saturated heterocycles. The van der Waals surface area contributed by atoms with Gasteiger partial charge < -0.3 is 4.74 Å². The summed E-state index contributed by atoms with van der Waals surface area (Å²) in [6.07, 6.45) is 0. The number of anilines is 2. The summed E-state index contributed by atoms with van der Waals surface area (Å²) < 4.78 is 34.7. The van der Waals surface area contributed by atoms with Crippen LogP contribution >= 0.6 is 11.6 Å². The van der Waals surface area contributed by atoms with Crippen molar-refractivity contribution in [1.82, 2.24) is 4.98 Å². The summed E-state index contributed by atoms with van der Waals surface area (Å²) in [5.41, 5.74) is 2.34. The number of hydrogen-bond acceptors (Lipinski definition) is 5. The number of amides is 1. The Kier molecular flexibility index (Phi) is 6.42. The molecule has 3 aromatic rings. The van der Waals surface area contributed by atoms with Crippen molar-refractivity contribution in [3.63, 3.8) is 0 Å². The summed E-state index contributed by atoms with van der Waals surface area (Å²) in [7, 11) is -3.97. The van der Waals surface area contributed by atoms with Crippen molar-refractivity contribution in [3.05, 3.63) is 82.0 Å². The lowest BCUT2D eigenvalue weighted by Crippen LogP contribution is -2.33. The predicted molar refractivity (Wildman–Crippen MR) is 133 cm³/mol. The van der Waals surface area contributed by atoms with Gasteiger partial charge in [-0.1, -0.05) is 50.6 Å². The van der Waals surface area contributed by atoms with Gasteiger partial charge in [-0.05, 0) is 54.3 Å². The number of carbonyl (C=O) groups excluding carboxylic acids is 1. The number of benzene rings is 2. The fraction of sp³-hybridized carbons (Fsp3) is 0.280. The van der Waals surface area contributed by atoms with Crippen LogP contribution in [0.2, 0.25) is 5.02 Å². The smallest absolute Gasteiger partial charge is 0.263 e. The van der Waals surface area contributed by atoms with Gasteiger partial charge in [0.05, 0.1) is 22.8 Å². The van der Waals surface area contributed by atoms with Gasteiger partial charge >= 0.3 is 0 Å². The number of pyridine rings is 1. The minimum atomic E-state index is -3.97. The van der Waals surface area contributed by atoms with Crippen molar-refractivity contribution in [2.24, 2.45) is 0 Å². The standard InChI is InChI=1S/C25H26ClN3O4S/c1-16-6-5-7-22(27-16)29-15-33-14-19-20(26)12-13-21(23(19)24(29)30)28-34(31,32)18-10-8-17(9-11-18)25(2,3)4/h5-13,28H,14-15H2,1-4H3. The Morgan fingerprint density at radius 2 is 1.76 bits per heavy atom. The Morgan fingerprint density at radius 3 is 2.41 bits per heavy atom. The first-order valence-corrected chi connectivity index (χ1v) is 12.6. The number of sulfonamides is 1. The van der Waals surface area contributed by atoms with Crippen molar-refractivity contribution in [2.75, 3.05) is 16.4 Å². The number of nitrogens with zero attached hydrogens (tertiary/aromatic N) is 2. The number of hydrogen-bond donors (Lipinski definition) is 1. The van der Waals surface area contributed by atoms with Crippen LogP contribution in [0.25, 0.3) is 0 Å². The third-order valence-electron chi connectivity index (χ3n) is 5.61. The van der Waals surface area contributed by atoms with E-state index in [2.05, 4.69) is 30.5 Å². The maximum absolute atomic E-state index is 13.6. The van der Waals surface area contributed by atoms with E-state index < -0.39 is 15.9 Å². The molecule has 1 N–H and O–H groups in total. The van der Waals surface area contributed by atoms with Gasteiger partial charge in [-0.3, -0.25) is 14.4 Å². The van der Waals surface area contributed by atoms with E-state index in [4.69, 9.17) is 16.3 Å². The molecular weight excluding hydrogens is 474 g/mol. The molecule has 2 aromatic carbocycles. The monoisotopic (exact) mass is 499 g/mol. The van der Waals surface area contributed by atoms with E-state index in [1.807, 2.05) is 13.0 Å². The van der Waals surface area contributed by atoms with E-state index >= 15 is 0 Å². The van der Waals surface area contributed by atoms with Crippen LogP contribution in [0, 0.1) is 6.92 Å². The molecule has 0 unspecified atom stereocenters. The van der Waals surface area contributed by atoms with E-state index in [0.29, 0.717) is 16.4 Å². The van der Waals surface area contributed by atoms with Gasteiger partial charge in [0.25, 0.3) is 15.9 Å². The maximum Gasteiger partial charge on any atom is 0.263 e. The molecule has 0 aliphatic carbocycles. The third kappa shape index (κ3) is 4.80. The molecule has 34 heavy (non-hydrogen) atoms. The molecule has 1 aromatic heterocycles. The van der Waals surface area contributed by atoms with Crippen LogP contribution in [-0.2, 0) is 26.8 Å². The zero-order chi connectivity index (χ0) is 24.7. The molecule has 7 nitrogen and oxygen atoms in total. The average Bonchev–Trinajstić information content (AvgIpc) is 2.95. The molecule has 4 rings (SSSR count). The zero-order valence-electron chi connectivity index (χ0n) is 19.4. The predicted octanol–water partition coefficient (Wildman–Crippen LogP) is 5.28. The number of rotatable bonds is 4. The highest BCUT2D eigenvalue weighted by molar-refractivity contribution is 7.92. The molecule has 1 amide bonds. The third-order valence-corrected chi connectivity index (χ3v) is 7.34. The van der Waals surface area contributed by atoms with Crippen LogP contribution in [0.15, 0.2) is 59.5 Å². The van der Waals surface area contributed by atoms with Crippen molar-refractivity contribution < 1.29 is 17.9 Å². The number of aromatic nitrogens is 1. The van der Waals surface area contributed by atoms with Crippen LogP contribution in [0.3, 0.4) is 0 Å². The van der Waals surface area contributed by atoms with Gasteiger partial charge in [0, 0.05) is 16.3 Å². The first kappa shape index (κ1) is 24.2. The summed E-state index contributed by atoms with van der Waals surface area (Å²) in [6.45, 7) is 8.00. The van der Waals surface area contributed by atoms with Crippen molar-refractivity contribution >= 4 is 39.0 Å². The Labute approximate surface area is 204 Å². The van der Waals surface area contributed by atoms with E-state index in [-0.39, 0.29) is 34.9 Å². The zero-order valence-corrected chi connectivity index (χ0v) is 21.0. The minimum absolute atomic E-state index is 0.0409. The first-order chi connectivity index (χ1) is 16.0. The molecular formula is C25H26ClN3O4S. The number of halogens is 1. The number of ether oxygens (including phenoxy) is 1. The first-order valence-electron chi connectivity index (χ1n) is 10.8. The quantitative estimate of drug-likeness (QED) is 0.527. The van der Waals surface area contributed by atoms with Gasteiger partial charge in [-0.2, -0.15) is 0 Å². The topological polar surface area (TPSA) is 88.6 Å². The molecule has 1 aliphatic rings. The van der Waals surface area contributed by atoms with E-state index in [9.17, 15) is 13.2 Å². The second kappa shape index (κ2) is 9.02. The average molecular weight is 500 g/mol. The minimum Gasteiger partial charge on any atom is -0.356 e. The van der Waals surface area contributed by atoms with Gasteiger partial charge in [0.1, 0.15) is 12.5 Å². The Morgan fingerprint density at radius 1 is 1.06 bits per heavy atom. The van der Waals surface area contributed by atoms with Crippen molar-refractivity contribution in [3.8, 4) is 0 Å². The molecule has 0 atom stereocenters. The molecule has 9 heteroatoms. The molecule has 0 fully saturated rings. The van der Waals surface area contributed by atoms with Gasteiger partial charge in [0.2, 0.25) is 0 Å². The largest absolute Gasteiger partial charge is 0.356 e. The summed E-state index contributed by atoms with van der Waals surface area (Å²) >= 11 is 6.38. The number of nitrogens with one attached hydrogen (secondary N) is 1. The Bertz CT molecular complexity index is 1350. The fourth-order valence-electron chi connectivity index (χ4n) is 3.71. The number of carbonyl (C=O) groups is 1. The lowest BCUT2D eigenvalue weighted by molar-refractivity contribution is 0.0903. The summed E-state index contributed by atoms with van der Waals surface area (Å²) in [5.74, 6) is -0.0433. The molecule has 178 valence electrons. The lowest BCUT2D eigenvalue weighted by Gasteiger charge is -2.21. The summed E-state index contributed by atoms with van der Waals surface area (Å²) in [4.78, 5) is 19.5. The van der Waals surface area contributed by atoms with E-state index in [1.54, 1.807) is 42.5 Å². The molecule has 2 heterocycles. The number of fused-ring (bicyclic) bond motifs is 1. The second-order valence-corrected chi connectivity index (χ2v) is 11.3.